The molecule has 0 saturated heterocycles. The molecule has 138 valence electrons. The van der Waals surface area contributed by atoms with Crippen LogP contribution in [0, 0.1) is 0 Å². The largest absolute Gasteiger partial charge is 0.331 e. The Labute approximate surface area is 162 Å². The lowest BCUT2D eigenvalue weighted by atomic mass is 10.1. The maximum Gasteiger partial charge on any atom is 0.234 e. The molecule has 0 atom stereocenters. The van der Waals surface area contributed by atoms with Gasteiger partial charge in [0.25, 0.3) is 0 Å². The molecule has 1 aromatic heterocycles. The highest BCUT2D eigenvalue weighted by Crippen LogP contribution is 2.14. The number of thioether (sulfide) groups is 1. The predicted molar refractivity (Wildman–Crippen MR) is 109 cm³/mol. The van der Waals surface area contributed by atoms with E-state index < -0.39 is 0 Å². The van der Waals surface area contributed by atoms with Crippen LogP contribution in [0.2, 0.25) is 0 Å². The summed E-state index contributed by atoms with van der Waals surface area (Å²) in [6, 6.07) is 17.1. The fourth-order valence-corrected chi connectivity index (χ4v) is 3.40. The molecule has 0 saturated carbocycles. The Kier molecular flexibility index (Phi) is 6.44. The molecule has 27 heavy (non-hydrogen) atoms. The highest BCUT2D eigenvalue weighted by Gasteiger charge is 2.13. The topological polar surface area (TPSA) is 64.0 Å². The van der Waals surface area contributed by atoms with Crippen LogP contribution in [-0.4, -0.2) is 32.7 Å². The molecule has 0 fully saturated rings. The van der Waals surface area contributed by atoms with Gasteiger partial charge in [0.05, 0.1) is 5.75 Å². The zero-order valence-corrected chi connectivity index (χ0v) is 15.9. The second-order valence-electron chi connectivity index (χ2n) is 6.10. The second-order valence-corrected chi connectivity index (χ2v) is 7.21. The molecular weight excluding hydrogens is 358 g/mol. The van der Waals surface area contributed by atoms with E-state index in [1.165, 1.54) is 5.56 Å². The fraction of sp³-hybridized carbons (Fsp3) is 0.190. The van der Waals surface area contributed by atoms with Gasteiger partial charge in [-0.1, -0.05) is 30.3 Å². The van der Waals surface area contributed by atoms with Crippen LogP contribution in [0.1, 0.15) is 21.7 Å². The van der Waals surface area contributed by atoms with E-state index in [9.17, 15) is 9.59 Å². The molecule has 0 aliphatic heterocycles. The van der Waals surface area contributed by atoms with E-state index in [-0.39, 0.29) is 11.7 Å². The van der Waals surface area contributed by atoms with Gasteiger partial charge in [0.1, 0.15) is 0 Å². The number of hydrogen-bond acceptors (Lipinski definition) is 4. The Morgan fingerprint density at radius 3 is 2.48 bits per heavy atom. The minimum Gasteiger partial charge on any atom is -0.331 e. The summed E-state index contributed by atoms with van der Waals surface area (Å²) in [7, 11) is 1.78. The van der Waals surface area contributed by atoms with Gasteiger partial charge in [-0.05, 0) is 42.0 Å². The van der Waals surface area contributed by atoms with Crippen molar-refractivity contribution < 1.29 is 9.59 Å². The van der Waals surface area contributed by atoms with Gasteiger partial charge in [0.2, 0.25) is 11.7 Å². The van der Waals surface area contributed by atoms with Crippen molar-refractivity contribution in [2.24, 2.45) is 7.05 Å². The zero-order chi connectivity index (χ0) is 19.1. The number of carbonyl (C=O) groups excluding carboxylic acids is 2. The van der Waals surface area contributed by atoms with Gasteiger partial charge in [-0.2, -0.15) is 11.8 Å². The summed E-state index contributed by atoms with van der Waals surface area (Å²) in [5, 5.41) is 2.86. The van der Waals surface area contributed by atoms with E-state index in [1.54, 1.807) is 60.0 Å². The van der Waals surface area contributed by atoms with Crippen molar-refractivity contribution in [2.75, 3.05) is 16.8 Å². The van der Waals surface area contributed by atoms with Gasteiger partial charge in [0.15, 0.2) is 5.82 Å². The third-order valence-electron chi connectivity index (χ3n) is 4.07. The molecule has 2 aromatic carbocycles. The SMILES string of the molecule is Cn1ccnc1C(=O)c1ccc(NC(=O)CSCCc2ccccc2)cc1. The number of anilines is 1. The van der Waals surface area contributed by atoms with Crippen LogP contribution in [0.15, 0.2) is 67.0 Å². The minimum absolute atomic E-state index is 0.0451. The Balaban J connectivity index is 1.46. The molecule has 6 heteroatoms. The predicted octanol–water partition coefficient (Wildman–Crippen LogP) is 3.57. The van der Waals surface area contributed by atoms with E-state index in [0.717, 1.165) is 12.2 Å². The summed E-state index contributed by atoms with van der Waals surface area (Å²) in [4.78, 5) is 28.5. The lowest BCUT2D eigenvalue weighted by molar-refractivity contribution is -0.113. The number of rotatable bonds is 8. The molecule has 1 heterocycles. The Morgan fingerprint density at radius 1 is 1.07 bits per heavy atom. The first-order chi connectivity index (χ1) is 13.1. The average molecular weight is 379 g/mol. The van der Waals surface area contributed by atoms with Crippen LogP contribution in [0.3, 0.4) is 0 Å². The number of imidazole rings is 1. The van der Waals surface area contributed by atoms with Crippen LogP contribution < -0.4 is 5.32 Å². The third kappa shape index (κ3) is 5.31. The van der Waals surface area contributed by atoms with Crippen LogP contribution >= 0.6 is 11.8 Å². The number of hydrogen-bond donors (Lipinski definition) is 1. The quantitative estimate of drug-likeness (QED) is 0.480. The molecule has 1 amide bonds. The zero-order valence-electron chi connectivity index (χ0n) is 15.1. The Morgan fingerprint density at radius 2 is 1.81 bits per heavy atom. The number of aromatic nitrogens is 2. The lowest BCUT2D eigenvalue weighted by Crippen LogP contribution is -2.15. The summed E-state index contributed by atoms with van der Waals surface area (Å²) >= 11 is 1.61. The van der Waals surface area contributed by atoms with Gasteiger partial charge < -0.3 is 9.88 Å². The Hall–Kier alpha value is -2.86. The number of nitrogens with zero attached hydrogens (tertiary/aromatic N) is 2. The van der Waals surface area contributed by atoms with Crippen molar-refractivity contribution in [3.05, 3.63) is 83.9 Å². The van der Waals surface area contributed by atoms with Crippen molar-refractivity contribution in [2.45, 2.75) is 6.42 Å². The average Bonchev–Trinajstić information content (AvgIpc) is 3.12. The molecule has 0 bridgehead atoms. The summed E-state index contributed by atoms with van der Waals surface area (Å²) < 4.78 is 1.69. The first-order valence-corrected chi connectivity index (χ1v) is 9.82. The monoisotopic (exact) mass is 379 g/mol. The summed E-state index contributed by atoms with van der Waals surface area (Å²) in [6.45, 7) is 0. The van der Waals surface area contributed by atoms with Gasteiger partial charge in [-0.25, -0.2) is 4.98 Å². The van der Waals surface area contributed by atoms with Gasteiger partial charge in [-0.3, -0.25) is 9.59 Å². The molecule has 0 aliphatic rings. The highest BCUT2D eigenvalue weighted by molar-refractivity contribution is 7.99. The maximum absolute atomic E-state index is 12.4. The first kappa shape index (κ1) is 18.9. The smallest absolute Gasteiger partial charge is 0.234 e. The molecule has 0 radical (unpaired) electrons. The lowest BCUT2D eigenvalue weighted by Gasteiger charge is -2.07. The van der Waals surface area contributed by atoms with Crippen LogP contribution in [0.4, 0.5) is 5.69 Å². The number of nitrogens with one attached hydrogen (secondary N) is 1. The van der Waals surface area contributed by atoms with E-state index in [1.807, 2.05) is 18.2 Å². The second kappa shape index (κ2) is 9.19. The fourth-order valence-electron chi connectivity index (χ4n) is 2.62. The molecule has 3 aromatic rings. The molecular formula is C21H21N3O2S. The molecule has 3 rings (SSSR count). The molecule has 1 N–H and O–H groups in total. The number of aryl methyl sites for hydroxylation is 2. The van der Waals surface area contributed by atoms with E-state index >= 15 is 0 Å². The number of carbonyl (C=O) groups is 2. The maximum atomic E-state index is 12.4. The molecule has 0 spiro atoms. The summed E-state index contributed by atoms with van der Waals surface area (Å²) in [5.74, 6) is 1.50. The van der Waals surface area contributed by atoms with Crippen molar-refractivity contribution >= 4 is 29.1 Å². The van der Waals surface area contributed by atoms with Gasteiger partial charge >= 0.3 is 0 Å². The number of amides is 1. The standard InChI is InChI=1S/C21H21N3O2S/c1-24-13-12-22-21(24)20(26)17-7-9-18(10-8-17)23-19(25)15-27-14-11-16-5-3-2-4-6-16/h2-10,12-13H,11,14-15H2,1H3,(H,23,25). The van der Waals surface area contributed by atoms with Crippen LogP contribution in [0.25, 0.3) is 0 Å². The normalized spacial score (nSPS) is 10.6. The minimum atomic E-state index is -0.142. The van der Waals surface area contributed by atoms with Gasteiger partial charge in [0, 0.05) is 30.7 Å². The molecule has 0 unspecified atom stereocenters. The third-order valence-corrected chi connectivity index (χ3v) is 5.03. The summed E-state index contributed by atoms with van der Waals surface area (Å²) in [6.07, 6.45) is 4.28. The van der Waals surface area contributed by atoms with E-state index in [2.05, 4.69) is 22.4 Å². The van der Waals surface area contributed by atoms with E-state index in [0.29, 0.717) is 22.8 Å². The van der Waals surface area contributed by atoms with Crippen LogP contribution in [0.5, 0.6) is 0 Å². The molecule has 0 aliphatic carbocycles. The van der Waals surface area contributed by atoms with Crippen molar-refractivity contribution in [1.82, 2.24) is 9.55 Å². The van der Waals surface area contributed by atoms with Gasteiger partial charge in [-0.15, -0.1) is 0 Å². The van der Waals surface area contributed by atoms with Crippen molar-refractivity contribution in [1.29, 1.82) is 0 Å². The van der Waals surface area contributed by atoms with Crippen molar-refractivity contribution in [3.63, 3.8) is 0 Å². The van der Waals surface area contributed by atoms with Crippen molar-refractivity contribution in [3.8, 4) is 0 Å². The number of ketones is 1. The first-order valence-electron chi connectivity index (χ1n) is 8.67. The van der Waals surface area contributed by atoms with E-state index in [4.69, 9.17) is 0 Å². The van der Waals surface area contributed by atoms with Crippen LogP contribution in [-0.2, 0) is 18.3 Å². The number of benzene rings is 2. The highest BCUT2D eigenvalue weighted by atomic mass is 32.2. The summed E-state index contributed by atoms with van der Waals surface area (Å²) in [5.41, 5.74) is 2.50. The Bertz CT molecular complexity index is 905. The molecule has 5 nitrogen and oxygen atoms in total.